The average molecular weight is 505 g/mol. The van der Waals surface area contributed by atoms with E-state index in [2.05, 4.69) is 25.5 Å². The number of nitriles is 1. The van der Waals surface area contributed by atoms with E-state index in [9.17, 15) is 14.6 Å². The lowest BCUT2D eigenvalue weighted by atomic mass is 10.0. The van der Waals surface area contributed by atoms with Crippen LogP contribution < -0.4 is 4.90 Å². The summed E-state index contributed by atoms with van der Waals surface area (Å²) in [5, 5.41) is 28.6. The molecule has 5 rings (SSSR count). The molecule has 4 aromatic rings. The third-order valence-corrected chi connectivity index (χ3v) is 8.63. The van der Waals surface area contributed by atoms with Gasteiger partial charge in [-0.15, -0.1) is 0 Å². The molecule has 11 heteroatoms. The summed E-state index contributed by atoms with van der Waals surface area (Å²) in [5.41, 5.74) is 3.75. The van der Waals surface area contributed by atoms with Gasteiger partial charge in [0.25, 0.3) is 0 Å². The fourth-order valence-corrected chi connectivity index (χ4v) is 6.02. The van der Waals surface area contributed by atoms with Crippen LogP contribution in [0.5, 0.6) is 0 Å². The van der Waals surface area contributed by atoms with Crippen molar-refractivity contribution < 1.29 is 9.32 Å². The van der Waals surface area contributed by atoms with E-state index in [0.717, 1.165) is 28.1 Å². The number of rotatable bonds is 5. The smallest absolute Gasteiger partial charge is 0.128 e. The van der Waals surface area contributed by atoms with E-state index in [1.54, 1.807) is 48.7 Å². The summed E-state index contributed by atoms with van der Waals surface area (Å²) in [6.45, 7) is 5.15. The number of anilines is 1. The SMILES string of the molecule is CN=S1(=O)CCN(c2ccc(-c3cc(-c4cnn(CC(C)(C)O)c4)cn4ncc(C#N)c34)cn2)CC1. The quantitative estimate of drug-likeness (QED) is 0.443. The first-order valence-electron chi connectivity index (χ1n) is 11.7. The van der Waals surface area contributed by atoms with Crippen molar-refractivity contribution in [2.75, 3.05) is 36.5 Å². The number of pyridine rings is 2. The minimum atomic E-state index is -2.09. The predicted octanol–water partition coefficient (Wildman–Crippen LogP) is 2.82. The summed E-state index contributed by atoms with van der Waals surface area (Å²) in [7, 11) is -0.462. The van der Waals surface area contributed by atoms with Crippen LogP contribution in [0.2, 0.25) is 0 Å². The van der Waals surface area contributed by atoms with Gasteiger partial charge in [0.05, 0.1) is 35.6 Å². The largest absolute Gasteiger partial charge is 0.389 e. The summed E-state index contributed by atoms with van der Waals surface area (Å²) in [6, 6.07) is 8.19. The number of aromatic nitrogens is 5. The topological polar surface area (TPSA) is 125 Å². The van der Waals surface area contributed by atoms with Crippen molar-refractivity contribution in [3.8, 4) is 28.3 Å². The molecule has 0 bridgehead atoms. The fraction of sp³-hybridized carbons (Fsp3) is 0.360. The molecule has 0 radical (unpaired) electrons. The zero-order valence-electron chi connectivity index (χ0n) is 20.5. The van der Waals surface area contributed by atoms with Gasteiger partial charge >= 0.3 is 0 Å². The molecule has 0 amide bonds. The molecule has 186 valence electrons. The van der Waals surface area contributed by atoms with E-state index in [1.807, 2.05) is 30.6 Å². The molecule has 36 heavy (non-hydrogen) atoms. The average Bonchev–Trinajstić information content (AvgIpc) is 3.50. The molecule has 0 aliphatic carbocycles. The van der Waals surface area contributed by atoms with Gasteiger partial charge in [-0.25, -0.2) is 18.1 Å². The molecule has 5 heterocycles. The maximum atomic E-state index is 12.5. The number of aliphatic hydroxyl groups is 1. The predicted molar refractivity (Wildman–Crippen MR) is 139 cm³/mol. The highest BCUT2D eigenvalue weighted by molar-refractivity contribution is 7.93. The molecular formula is C25H28N8O2S. The van der Waals surface area contributed by atoms with Crippen LogP contribution in [0, 0.1) is 11.3 Å². The molecule has 0 unspecified atom stereocenters. The normalized spacial score (nSPS) is 15.7. The van der Waals surface area contributed by atoms with Gasteiger partial charge in [0.15, 0.2) is 0 Å². The molecule has 4 aromatic heterocycles. The Morgan fingerprint density at radius 1 is 1.11 bits per heavy atom. The molecule has 1 N–H and O–H groups in total. The minimum absolute atomic E-state index is 0.367. The number of fused-ring (bicyclic) bond motifs is 1. The molecule has 1 aliphatic heterocycles. The molecule has 10 nitrogen and oxygen atoms in total. The van der Waals surface area contributed by atoms with Gasteiger partial charge in [-0.1, -0.05) is 0 Å². The second kappa shape index (κ2) is 9.04. The van der Waals surface area contributed by atoms with Crippen molar-refractivity contribution >= 4 is 21.1 Å². The second-order valence-corrected chi connectivity index (χ2v) is 12.3. The first kappa shape index (κ1) is 24.0. The highest BCUT2D eigenvalue weighted by Crippen LogP contribution is 2.32. The van der Waals surface area contributed by atoms with Crippen molar-refractivity contribution in [1.29, 1.82) is 5.26 Å². The van der Waals surface area contributed by atoms with Crippen molar-refractivity contribution in [1.82, 2.24) is 24.4 Å². The number of hydrogen-bond donors (Lipinski definition) is 1. The zero-order valence-corrected chi connectivity index (χ0v) is 21.3. The number of hydrogen-bond acceptors (Lipinski definition) is 8. The van der Waals surface area contributed by atoms with Gasteiger partial charge < -0.3 is 10.0 Å². The zero-order chi connectivity index (χ0) is 25.5. The Labute approximate surface area is 210 Å². The summed E-state index contributed by atoms with van der Waals surface area (Å²) in [5.74, 6) is 1.90. The standard InChI is InChI=1S/C25H28N8O2S/c1-25(2,34)17-32-15-21(14-29-32)19-10-22(24-20(11-26)13-30-33(24)16-19)18-4-5-23(28-12-18)31-6-8-36(35,27-3)9-7-31/h4-5,10,12-16,34H,6-9,17H2,1-3H3. The van der Waals surface area contributed by atoms with Gasteiger partial charge in [0.2, 0.25) is 0 Å². The highest BCUT2D eigenvalue weighted by atomic mass is 32.2. The van der Waals surface area contributed by atoms with Gasteiger partial charge in [0, 0.05) is 82.2 Å². The van der Waals surface area contributed by atoms with E-state index in [0.29, 0.717) is 42.2 Å². The van der Waals surface area contributed by atoms with Crippen molar-refractivity contribution in [3.63, 3.8) is 0 Å². The van der Waals surface area contributed by atoms with E-state index in [4.69, 9.17) is 4.98 Å². The first-order chi connectivity index (χ1) is 17.2. The molecule has 1 fully saturated rings. The Morgan fingerprint density at radius 2 is 1.89 bits per heavy atom. The number of nitrogens with zero attached hydrogens (tertiary/aromatic N) is 8. The third kappa shape index (κ3) is 4.69. The summed E-state index contributed by atoms with van der Waals surface area (Å²) < 4.78 is 20.0. The Balaban J connectivity index is 1.51. The summed E-state index contributed by atoms with van der Waals surface area (Å²) in [6.07, 6.45) is 8.87. The molecule has 0 atom stereocenters. The van der Waals surface area contributed by atoms with Gasteiger partial charge in [0.1, 0.15) is 11.9 Å². The van der Waals surface area contributed by atoms with Crippen LogP contribution in [0.4, 0.5) is 5.82 Å². The third-order valence-electron chi connectivity index (χ3n) is 6.32. The van der Waals surface area contributed by atoms with Crippen molar-refractivity contribution in [3.05, 3.63) is 54.7 Å². The maximum absolute atomic E-state index is 12.5. The maximum Gasteiger partial charge on any atom is 0.128 e. The Hall–Kier alpha value is -3.75. The lowest BCUT2D eigenvalue weighted by Crippen LogP contribution is -2.40. The van der Waals surface area contributed by atoms with E-state index < -0.39 is 15.3 Å². The fourth-order valence-electron chi connectivity index (χ4n) is 4.44. The summed E-state index contributed by atoms with van der Waals surface area (Å²) in [4.78, 5) is 6.82. The van der Waals surface area contributed by atoms with Gasteiger partial charge in [-0.2, -0.15) is 15.5 Å². The van der Waals surface area contributed by atoms with Crippen molar-refractivity contribution in [2.24, 2.45) is 4.36 Å². The van der Waals surface area contributed by atoms with Crippen molar-refractivity contribution in [2.45, 2.75) is 26.0 Å². The monoisotopic (exact) mass is 504 g/mol. The van der Waals surface area contributed by atoms with Crippen LogP contribution in [-0.2, 0) is 16.3 Å². The summed E-state index contributed by atoms with van der Waals surface area (Å²) >= 11 is 0. The highest BCUT2D eigenvalue weighted by Gasteiger charge is 2.21. The molecule has 1 saturated heterocycles. The lowest BCUT2D eigenvalue weighted by Gasteiger charge is -2.29. The Bertz CT molecular complexity index is 1570. The van der Waals surface area contributed by atoms with E-state index >= 15 is 0 Å². The van der Waals surface area contributed by atoms with Gasteiger partial charge in [-0.05, 0) is 32.0 Å². The molecule has 0 saturated carbocycles. The molecule has 0 aromatic carbocycles. The van der Waals surface area contributed by atoms with Crippen LogP contribution in [0.3, 0.4) is 0 Å². The molecular weight excluding hydrogens is 476 g/mol. The minimum Gasteiger partial charge on any atom is -0.389 e. The van der Waals surface area contributed by atoms with E-state index in [-0.39, 0.29) is 0 Å². The second-order valence-electron chi connectivity index (χ2n) is 9.60. The molecule has 0 spiro atoms. The Morgan fingerprint density at radius 3 is 2.53 bits per heavy atom. The Kier molecular flexibility index (Phi) is 6.02. The van der Waals surface area contributed by atoms with Gasteiger partial charge in [-0.3, -0.25) is 4.68 Å². The van der Waals surface area contributed by atoms with Crippen LogP contribution in [0.15, 0.2) is 53.5 Å². The first-order valence-corrected chi connectivity index (χ1v) is 13.5. The molecule has 1 aliphatic rings. The van der Waals surface area contributed by atoms with Crippen LogP contribution in [-0.4, -0.2) is 70.9 Å². The van der Waals surface area contributed by atoms with Crippen LogP contribution in [0.25, 0.3) is 27.8 Å². The van der Waals surface area contributed by atoms with Crippen LogP contribution in [0.1, 0.15) is 19.4 Å². The van der Waals surface area contributed by atoms with Crippen LogP contribution >= 0.6 is 0 Å². The van der Waals surface area contributed by atoms with E-state index in [1.165, 1.54) is 0 Å². The lowest BCUT2D eigenvalue weighted by molar-refractivity contribution is 0.0577.